The number of nitrogens with one attached hydrogen (secondary N) is 1. The highest BCUT2D eigenvalue weighted by atomic mass is 35.7. The summed E-state index contributed by atoms with van der Waals surface area (Å²) in [5.41, 5.74) is -0.253. The van der Waals surface area contributed by atoms with Crippen molar-refractivity contribution >= 4 is 46.8 Å². The van der Waals surface area contributed by atoms with Crippen molar-refractivity contribution < 1.29 is 31.4 Å². The van der Waals surface area contributed by atoms with Crippen LogP contribution in [-0.4, -0.2) is 33.8 Å². The zero-order valence-corrected chi connectivity index (χ0v) is 19.6. The lowest BCUT2D eigenvalue weighted by Gasteiger charge is -2.08. The molecule has 3 aromatic carbocycles. The van der Waals surface area contributed by atoms with E-state index < -0.39 is 28.9 Å². The molecule has 12 nitrogen and oxygen atoms in total. The van der Waals surface area contributed by atoms with Gasteiger partial charge in [-0.15, -0.1) is 0 Å². The van der Waals surface area contributed by atoms with Crippen LogP contribution in [0.25, 0.3) is 0 Å². The molecule has 0 atom stereocenters. The fourth-order valence-electron chi connectivity index (χ4n) is 2.39. The van der Waals surface area contributed by atoms with Gasteiger partial charge < -0.3 is 4.74 Å². The third kappa shape index (κ3) is 7.40. The Morgan fingerprint density at radius 1 is 0.794 bits per heavy atom. The number of hydrogen-bond donors (Lipinski definition) is 1. The number of sulfonamides is 1. The SMILES string of the molecule is COc1ccc(NS(=O)(=O)c2cccc([N+](=O)[O-])c2)cc1.O=[N+]([O-])c1cccc(S(=O)(=O)Cl)c1. The highest BCUT2D eigenvalue weighted by Gasteiger charge is 2.18. The van der Waals surface area contributed by atoms with E-state index in [2.05, 4.69) is 4.72 Å². The lowest BCUT2D eigenvalue weighted by Crippen LogP contribution is -2.13. The summed E-state index contributed by atoms with van der Waals surface area (Å²) in [6.45, 7) is 0. The van der Waals surface area contributed by atoms with Gasteiger partial charge in [0.05, 0.1) is 26.7 Å². The quantitative estimate of drug-likeness (QED) is 0.270. The number of methoxy groups -OCH3 is 1. The Kier molecular flexibility index (Phi) is 8.51. The van der Waals surface area contributed by atoms with Crippen LogP contribution < -0.4 is 9.46 Å². The summed E-state index contributed by atoms with van der Waals surface area (Å²) in [6.07, 6.45) is 0. The van der Waals surface area contributed by atoms with Crippen molar-refractivity contribution in [3.05, 3.63) is 93.0 Å². The zero-order valence-electron chi connectivity index (χ0n) is 17.2. The molecule has 0 aromatic heterocycles. The molecule has 0 fully saturated rings. The maximum absolute atomic E-state index is 12.2. The molecule has 0 aliphatic carbocycles. The average Bonchev–Trinajstić information content (AvgIpc) is 2.79. The van der Waals surface area contributed by atoms with E-state index in [1.807, 2.05) is 0 Å². The predicted octanol–water partition coefficient (Wildman–Crippen LogP) is 3.93. The maximum atomic E-state index is 12.2. The minimum Gasteiger partial charge on any atom is -0.497 e. The van der Waals surface area contributed by atoms with Crippen molar-refractivity contribution in [2.45, 2.75) is 9.79 Å². The number of anilines is 1. The van der Waals surface area contributed by atoms with Crippen LogP contribution >= 0.6 is 10.7 Å². The van der Waals surface area contributed by atoms with E-state index in [9.17, 15) is 37.1 Å². The normalized spacial score (nSPS) is 11.0. The van der Waals surface area contributed by atoms with Crippen LogP contribution in [0.2, 0.25) is 0 Å². The number of ether oxygens (including phenoxy) is 1. The van der Waals surface area contributed by atoms with Crippen LogP contribution in [0.4, 0.5) is 17.1 Å². The summed E-state index contributed by atoms with van der Waals surface area (Å²) in [4.78, 5) is 19.1. The molecule has 0 radical (unpaired) electrons. The van der Waals surface area contributed by atoms with Gasteiger partial charge >= 0.3 is 0 Å². The van der Waals surface area contributed by atoms with Crippen molar-refractivity contribution in [1.29, 1.82) is 0 Å². The molecule has 0 bridgehead atoms. The number of halogens is 1. The Labute approximate surface area is 198 Å². The van der Waals surface area contributed by atoms with Gasteiger partial charge in [-0.2, -0.15) is 0 Å². The Hall–Kier alpha value is -3.75. The Bertz CT molecular complexity index is 1410. The molecule has 0 aliphatic rings. The average molecular weight is 530 g/mol. The minimum absolute atomic E-state index is 0.174. The van der Waals surface area contributed by atoms with Gasteiger partial charge in [-0.3, -0.25) is 25.0 Å². The zero-order chi connectivity index (χ0) is 25.5. The molecular formula is C19H16ClN3O9S2. The molecule has 15 heteroatoms. The van der Waals surface area contributed by atoms with Gasteiger partial charge in [0, 0.05) is 40.6 Å². The van der Waals surface area contributed by atoms with E-state index in [-0.39, 0.29) is 21.2 Å². The minimum atomic E-state index is -3.89. The first-order chi connectivity index (χ1) is 15.8. The lowest BCUT2D eigenvalue weighted by atomic mass is 10.3. The summed E-state index contributed by atoms with van der Waals surface area (Å²) in [5.74, 6) is 0.591. The van der Waals surface area contributed by atoms with E-state index in [1.54, 1.807) is 12.1 Å². The monoisotopic (exact) mass is 529 g/mol. The van der Waals surface area contributed by atoms with Crippen molar-refractivity contribution in [2.24, 2.45) is 0 Å². The smallest absolute Gasteiger partial charge is 0.270 e. The summed E-state index contributed by atoms with van der Waals surface area (Å²) in [7, 11) is -1.29. The molecule has 0 saturated heterocycles. The largest absolute Gasteiger partial charge is 0.497 e. The summed E-state index contributed by atoms with van der Waals surface area (Å²) >= 11 is 0. The molecule has 0 unspecified atom stereocenters. The van der Waals surface area contributed by atoms with E-state index in [1.165, 1.54) is 55.6 Å². The molecule has 180 valence electrons. The Morgan fingerprint density at radius 2 is 1.26 bits per heavy atom. The van der Waals surface area contributed by atoms with Crippen LogP contribution in [0.5, 0.6) is 5.75 Å². The Morgan fingerprint density at radius 3 is 1.71 bits per heavy atom. The van der Waals surface area contributed by atoms with E-state index in [0.717, 1.165) is 12.1 Å². The second-order valence-electron chi connectivity index (χ2n) is 6.28. The van der Waals surface area contributed by atoms with Crippen LogP contribution in [0.15, 0.2) is 82.6 Å². The third-order valence-corrected chi connectivity index (χ3v) is 6.72. The molecule has 1 N–H and O–H groups in total. The fraction of sp³-hybridized carbons (Fsp3) is 0.0526. The lowest BCUT2D eigenvalue weighted by molar-refractivity contribution is -0.385. The first-order valence-corrected chi connectivity index (χ1v) is 12.7. The third-order valence-electron chi connectivity index (χ3n) is 3.99. The summed E-state index contributed by atoms with van der Waals surface area (Å²) in [6, 6.07) is 15.7. The number of nitro benzene ring substituents is 2. The van der Waals surface area contributed by atoms with Gasteiger partial charge in [-0.1, -0.05) is 12.1 Å². The van der Waals surface area contributed by atoms with Crippen LogP contribution in [0.3, 0.4) is 0 Å². The number of nitro groups is 2. The van der Waals surface area contributed by atoms with Crippen LogP contribution in [-0.2, 0) is 19.1 Å². The van der Waals surface area contributed by atoms with Gasteiger partial charge in [0.1, 0.15) is 5.75 Å². The topological polar surface area (TPSA) is 176 Å². The Balaban J connectivity index is 0.000000270. The van der Waals surface area contributed by atoms with Gasteiger partial charge in [0.15, 0.2) is 0 Å². The van der Waals surface area contributed by atoms with Gasteiger partial charge in [-0.05, 0) is 36.4 Å². The van der Waals surface area contributed by atoms with Crippen LogP contribution in [0, 0.1) is 20.2 Å². The van der Waals surface area contributed by atoms with E-state index in [0.29, 0.717) is 11.4 Å². The van der Waals surface area contributed by atoms with Crippen molar-refractivity contribution in [1.82, 2.24) is 0 Å². The van der Waals surface area contributed by atoms with E-state index >= 15 is 0 Å². The predicted molar refractivity (Wildman–Crippen MR) is 123 cm³/mol. The number of nitrogens with zero attached hydrogens (tertiary/aromatic N) is 2. The molecule has 0 heterocycles. The molecule has 0 spiro atoms. The standard InChI is InChI=1S/C13H12N2O5S.C6H4ClNO4S/c1-20-12-7-5-10(6-8-12)14-21(18,19)13-4-2-3-11(9-13)15(16)17;7-13(11,12)6-3-1-2-5(4-6)8(9)10/h2-9,14H,1H3;1-4H. The van der Waals surface area contributed by atoms with E-state index in [4.69, 9.17) is 15.4 Å². The summed E-state index contributed by atoms with van der Waals surface area (Å²) in [5, 5.41) is 20.9. The van der Waals surface area contributed by atoms with Gasteiger partial charge in [-0.25, -0.2) is 16.8 Å². The van der Waals surface area contributed by atoms with Gasteiger partial charge in [0.25, 0.3) is 30.4 Å². The highest BCUT2D eigenvalue weighted by Crippen LogP contribution is 2.22. The van der Waals surface area contributed by atoms with Crippen molar-refractivity contribution in [3.8, 4) is 5.75 Å². The molecule has 3 aromatic rings. The molecule has 0 amide bonds. The van der Waals surface area contributed by atoms with Crippen molar-refractivity contribution in [2.75, 3.05) is 11.8 Å². The molecule has 0 saturated carbocycles. The van der Waals surface area contributed by atoms with Gasteiger partial charge in [0.2, 0.25) is 0 Å². The van der Waals surface area contributed by atoms with Crippen molar-refractivity contribution in [3.63, 3.8) is 0 Å². The number of non-ortho nitro benzene ring substituents is 2. The molecule has 0 aliphatic heterocycles. The molecule has 3 rings (SSSR count). The first-order valence-electron chi connectivity index (χ1n) is 8.94. The number of hydrogen-bond acceptors (Lipinski definition) is 9. The molecule has 34 heavy (non-hydrogen) atoms. The number of benzene rings is 3. The van der Waals surface area contributed by atoms with Crippen LogP contribution in [0.1, 0.15) is 0 Å². The maximum Gasteiger partial charge on any atom is 0.270 e. The first kappa shape index (κ1) is 26.5. The summed E-state index contributed by atoms with van der Waals surface area (Å²) < 4.78 is 53.2. The highest BCUT2D eigenvalue weighted by molar-refractivity contribution is 8.13. The second kappa shape index (κ2) is 10.9. The number of rotatable bonds is 7. The fourth-order valence-corrected chi connectivity index (χ4v) is 4.27. The molecular weight excluding hydrogens is 514 g/mol. The second-order valence-corrected chi connectivity index (χ2v) is 10.5.